The van der Waals surface area contributed by atoms with Crippen molar-refractivity contribution < 1.29 is 18.3 Å². The Bertz CT molecular complexity index is 1120. The van der Waals surface area contributed by atoms with Crippen LogP contribution in [0.25, 0.3) is 10.8 Å². The van der Waals surface area contributed by atoms with Crippen LogP contribution in [-0.2, 0) is 14.8 Å². The smallest absolute Gasteiger partial charge is 0.243 e. The summed E-state index contributed by atoms with van der Waals surface area (Å²) in [4.78, 5) is 18.4. The van der Waals surface area contributed by atoms with Crippen LogP contribution in [0, 0.1) is 5.41 Å². The number of amides is 1. The van der Waals surface area contributed by atoms with Crippen LogP contribution in [0.3, 0.4) is 0 Å². The molecule has 1 saturated carbocycles. The highest BCUT2D eigenvalue weighted by Gasteiger charge is 2.45. The maximum absolute atomic E-state index is 13.3. The minimum atomic E-state index is -4.09. The summed E-state index contributed by atoms with van der Waals surface area (Å²) in [5.41, 5.74) is 4.14. The number of aliphatic hydroxyl groups is 1. The SMILES string of the molecule is CN(CCO)C(=O)C1(NS(=O)(=O)c2ccc3c(Cl)cnc(NC(=N)N)c3c2)CCCC1. The molecule has 6 N–H and O–H groups in total. The number of fused-ring (bicyclic) bond motifs is 1. The highest BCUT2D eigenvalue weighted by atomic mass is 35.5. The van der Waals surface area contributed by atoms with E-state index in [0.717, 1.165) is 0 Å². The summed E-state index contributed by atoms with van der Waals surface area (Å²) in [6, 6.07) is 4.32. The van der Waals surface area contributed by atoms with Crippen LogP contribution < -0.4 is 15.8 Å². The Labute approximate surface area is 185 Å². The van der Waals surface area contributed by atoms with Crippen molar-refractivity contribution in [1.29, 1.82) is 5.41 Å². The van der Waals surface area contributed by atoms with Crippen LogP contribution >= 0.6 is 11.6 Å². The van der Waals surface area contributed by atoms with Crippen LogP contribution in [0.2, 0.25) is 5.02 Å². The van der Waals surface area contributed by atoms with Gasteiger partial charge in [0.25, 0.3) is 0 Å². The zero-order valence-corrected chi connectivity index (χ0v) is 18.6. The Kier molecular flexibility index (Phi) is 6.70. The molecule has 0 spiro atoms. The second-order valence-electron chi connectivity index (χ2n) is 7.55. The zero-order chi connectivity index (χ0) is 22.8. The van der Waals surface area contributed by atoms with E-state index in [-0.39, 0.29) is 35.7 Å². The van der Waals surface area contributed by atoms with Crippen LogP contribution in [0.4, 0.5) is 5.82 Å². The third-order valence-electron chi connectivity index (χ3n) is 5.35. The second-order valence-corrected chi connectivity index (χ2v) is 9.64. The Morgan fingerprint density at radius 1 is 1.35 bits per heavy atom. The van der Waals surface area contributed by atoms with Crippen LogP contribution in [0.1, 0.15) is 25.7 Å². The third-order valence-corrected chi connectivity index (χ3v) is 7.19. The summed E-state index contributed by atoms with van der Waals surface area (Å²) in [6.45, 7) is -0.0992. The molecule has 0 bridgehead atoms. The maximum atomic E-state index is 13.3. The Hall–Kier alpha value is -2.47. The van der Waals surface area contributed by atoms with E-state index in [1.54, 1.807) is 6.07 Å². The van der Waals surface area contributed by atoms with Crippen LogP contribution in [-0.4, -0.2) is 61.0 Å². The van der Waals surface area contributed by atoms with E-state index >= 15 is 0 Å². The molecule has 0 saturated heterocycles. The number of rotatable bonds is 7. The lowest BCUT2D eigenvalue weighted by Crippen LogP contribution is -2.57. The molecule has 1 amide bonds. The molecule has 1 fully saturated rings. The summed E-state index contributed by atoms with van der Waals surface area (Å²) in [5, 5.41) is 20.4. The van der Waals surface area contributed by atoms with Crippen molar-refractivity contribution in [2.24, 2.45) is 5.73 Å². The first kappa shape index (κ1) is 23.2. The molecule has 12 heteroatoms. The fraction of sp³-hybridized carbons (Fsp3) is 0.421. The molecule has 0 unspecified atom stereocenters. The van der Waals surface area contributed by atoms with Gasteiger partial charge in [0.15, 0.2) is 5.96 Å². The van der Waals surface area contributed by atoms with E-state index in [2.05, 4.69) is 15.0 Å². The van der Waals surface area contributed by atoms with Crippen molar-refractivity contribution in [3.63, 3.8) is 0 Å². The minimum absolute atomic E-state index is 0.0699. The van der Waals surface area contributed by atoms with Crippen molar-refractivity contribution in [3.05, 3.63) is 29.4 Å². The predicted octanol–water partition coefficient (Wildman–Crippen LogP) is 1.24. The average molecular weight is 469 g/mol. The monoisotopic (exact) mass is 468 g/mol. The summed E-state index contributed by atoms with van der Waals surface area (Å²) < 4.78 is 29.2. The van der Waals surface area contributed by atoms with Crippen molar-refractivity contribution in [1.82, 2.24) is 14.6 Å². The van der Waals surface area contributed by atoms with Crippen LogP contribution in [0.15, 0.2) is 29.3 Å². The van der Waals surface area contributed by atoms with E-state index in [0.29, 0.717) is 41.5 Å². The molecule has 1 aromatic heterocycles. The van der Waals surface area contributed by atoms with Gasteiger partial charge in [-0.3, -0.25) is 10.2 Å². The number of halogens is 1. The second kappa shape index (κ2) is 8.95. The van der Waals surface area contributed by atoms with E-state index in [1.807, 2.05) is 0 Å². The quantitative estimate of drug-likeness (QED) is 0.301. The number of likely N-dealkylation sites (N-methyl/N-ethyl adjacent to an activating group) is 1. The number of sulfonamides is 1. The third kappa shape index (κ3) is 4.74. The molecular formula is C19H25ClN6O4S. The molecule has 168 valence electrons. The number of nitrogens with zero attached hydrogens (tertiary/aromatic N) is 2. The number of pyridine rings is 1. The van der Waals surface area contributed by atoms with Gasteiger partial charge in [0.1, 0.15) is 11.4 Å². The van der Waals surface area contributed by atoms with Gasteiger partial charge < -0.3 is 21.1 Å². The Morgan fingerprint density at radius 2 is 2.03 bits per heavy atom. The molecule has 0 atom stereocenters. The number of aliphatic hydroxyl groups excluding tert-OH is 1. The number of anilines is 1. The van der Waals surface area contributed by atoms with Gasteiger partial charge in [-0.2, -0.15) is 4.72 Å². The van der Waals surface area contributed by atoms with Crippen LogP contribution in [0.5, 0.6) is 0 Å². The summed E-state index contributed by atoms with van der Waals surface area (Å²) >= 11 is 6.19. The molecule has 1 aliphatic rings. The van der Waals surface area contributed by atoms with Crippen molar-refractivity contribution in [3.8, 4) is 0 Å². The zero-order valence-electron chi connectivity index (χ0n) is 17.0. The number of nitrogens with two attached hydrogens (primary N) is 1. The number of nitrogens with one attached hydrogen (secondary N) is 3. The van der Waals surface area contributed by atoms with Crippen molar-refractivity contribution in [2.75, 3.05) is 25.5 Å². The van der Waals surface area contributed by atoms with Gasteiger partial charge in [0.2, 0.25) is 15.9 Å². The van der Waals surface area contributed by atoms with Gasteiger partial charge in [-0.15, -0.1) is 0 Å². The molecule has 0 aliphatic heterocycles. The molecule has 0 radical (unpaired) electrons. The molecule has 31 heavy (non-hydrogen) atoms. The summed E-state index contributed by atoms with van der Waals surface area (Å²) in [6.07, 6.45) is 3.55. The van der Waals surface area contributed by atoms with Gasteiger partial charge in [-0.1, -0.05) is 30.5 Å². The fourth-order valence-corrected chi connectivity index (χ4v) is 5.51. The largest absolute Gasteiger partial charge is 0.395 e. The van der Waals surface area contributed by atoms with E-state index in [9.17, 15) is 13.2 Å². The fourth-order valence-electron chi connectivity index (χ4n) is 3.85. The molecule has 10 nitrogen and oxygen atoms in total. The Balaban J connectivity index is 2.02. The number of guanidine groups is 1. The number of aromatic nitrogens is 1. The van der Waals surface area contributed by atoms with E-state index in [1.165, 1.54) is 30.3 Å². The van der Waals surface area contributed by atoms with E-state index < -0.39 is 15.6 Å². The average Bonchev–Trinajstić information content (AvgIpc) is 3.18. The van der Waals surface area contributed by atoms with Gasteiger partial charge in [0.05, 0.1) is 16.5 Å². The molecule has 1 aromatic carbocycles. The van der Waals surface area contributed by atoms with E-state index in [4.69, 9.17) is 27.9 Å². The first-order valence-corrected chi connectivity index (χ1v) is 11.6. The number of benzene rings is 1. The molecular weight excluding hydrogens is 444 g/mol. The first-order chi connectivity index (χ1) is 14.6. The normalized spacial score (nSPS) is 15.7. The lowest BCUT2D eigenvalue weighted by molar-refractivity contribution is -0.136. The standard InChI is InChI=1S/C19H25ClN6O4S/c1-26(8-9-27)17(28)19(6-2-3-7-19)25-31(29,30)12-4-5-13-14(10-12)16(24-18(21)22)23-11-15(13)20/h4-5,10-11,25,27H,2-3,6-9H2,1H3,(H4,21,22,23,24). The molecule has 1 aliphatic carbocycles. The minimum Gasteiger partial charge on any atom is -0.395 e. The summed E-state index contributed by atoms with van der Waals surface area (Å²) in [5.74, 6) is -0.532. The number of carbonyl (C=O) groups excluding carboxylic acids is 1. The number of carbonyl (C=O) groups is 1. The highest BCUT2D eigenvalue weighted by Crippen LogP contribution is 2.34. The van der Waals surface area contributed by atoms with Gasteiger partial charge >= 0.3 is 0 Å². The molecule has 3 rings (SSSR count). The van der Waals surface area contributed by atoms with Gasteiger partial charge in [-0.25, -0.2) is 13.4 Å². The summed E-state index contributed by atoms with van der Waals surface area (Å²) in [7, 11) is -2.55. The Morgan fingerprint density at radius 3 is 2.65 bits per heavy atom. The maximum Gasteiger partial charge on any atom is 0.243 e. The lowest BCUT2D eigenvalue weighted by atomic mass is 9.97. The first-order valence-electron chi connectivity index (χ1n) is 9.69. The molecule has 2 aromatic rings. The highest BCUT2D eigenvalue weighted by molar-refractivity contribution is 7.89. The number of hydrogen-bond acceptors (Lipinski definition) is 6. The lowest BCUT2D eigenvalue weighted by Gasteiger charge is -2.32. The predicted molar refractivity (Wildman–Crippen MR) is 119 cm³/mol. The van der Waals surface area contributed by atoms with Crippen molar-refractivity contribution in [2.45, 2.75) is 36.1 Å². The van der Waals surface area contributed by atoms with Gasteiger partial charge in [0, 0.05) is 30.6 Å². The topological polar surface area (TPSA) is 162 Å². The van der Waals surface area contributed by atoms with Gasteiger partial charge in [-0.05, 0) is 25.0 Å². The van der Waals surface area contributed by atoms with Crippen molar-refractivity contribution >= 4 is 50.1 Å². The molecule has 1 heterocycles. The number of hydrogen-bond donors (Lipinski definition) is 5.